The van der Waals surface area contributed by atoms with Crippen molar-refractivity contribution in [2.24, 2.45) is 5.92 Å². The molecule has 6 nitrogen and oxygen atoms in total. The molecule has 3 rings (SSSR count). The van der Waals surface area contributed by atoms with Gasteiger partial charge in [-0.2, -0.15) is 0 Å². The average Bonchev–Trinajstić information content (AvgIpc) is 3.09. The molecule has 26 heavy (non-hydrogen) atoms. The summed E-state index contributed by atoms with van der Waals surface area (Å²) in [5, 5.41) is 11.4. The maximum atomic E-state index is 12.7. The molecule has 0 saturated carbocycles. The Kier molecular flexibility index (Phi) is 5.59. The number of carbonyl (C=O) groups excluding carboxylic acids is 1. The quantitative estimate of drug-likeness (QED) is 0.877. The van der Waals surface area contributed by atoms with Crippen LogP contribution in [0.5, 0.6) is 0 Å². The van der Waals surface area contributed by atoms with E-state index >= 15 is 0 Å². The van der Waals surface area contributed by atoms with Gasteiger partial charge < -0.3 is 14.6 Å². The molecule has 1 amide bonds. The molecule has 140 valence electrons. The van der Waals surface area contributed by atoms with Crippen molar-refractivity contribution in [3.05, 3.63) is 41.1 Å². The number of amides is 1. The lowest BCUT2D eigenvalue weighted by molar-refractivity contribution is 0.0683. The molecule has 2 aromatic rings. The largest absolute Gasteiger partial charge is 0.423 e. The summed E-state index contributed by atoms with van der Waals surface area (Å²) in [6.07, 6.45) is 2.30. The molecular weight excluding hydrogens is 328 g/mol. The van der Waals surface area contributed by atoms with E-state index in [1.165, 1.54) is 6.42 Å². The van der Waals surface area contributed by atoms with E-state index in [4.69, 9.17) is 4.42 Å². The molecule has 0 aliphatic carbocycles. The first kappa shape index (κ1) is 18.4. The van der Waals surface area contributed by atoms with Crippen molar-refractivity contribution in [2.75, 3.05) is 18.4 Å². The van der Waals surface area contributed by atoms with Crippen molar-refractivity contribution >= 4 is 11.6 Å². The van der Waals surface area contributed by atoms with Gasteiger partial charge in [0.15, 0.2) is 0 Å². The second-order valence-corrected chi connectivity index (χ2v) is 7.57. The molecule has 1 fully saturated rings. The Labute approximate surface area is 155 Å². The maximum Gasteiger partial charge on any atom is 0.253 e. The molecule has 0 bridgehead atoms. The minimum absolute atomic E-state index is 0.129. The Morgan fingerprint density at radius 2 is 2.19 bits per heavy atom. The fraction of sp³-hybridized carbons (Fsp3) is 0.550. The number of aryl methyl sites for hydroxylation is 1. The fourth-order valence-corrected chi connectivity index (χ4v) is 3.29. The summed E-state index contributed by atoms with van der Waals surface area (Å²) < 4.78 is 5.61. The number of nitrogens with one attached hydrogen (secondary N) is 1. The summed E-state index contributed by atoms with van der Waals surface area (Å²) >= 11 is 0. The molecule has 1 unspecified atom stereocenters. The van der Waals surface area contributed by atoms with Crippen LogP contribution in [-0.2, 0) is 6.54 Å². The summed E-state index contributed by atoms with van der Waals surface area (Å²) in [6.45, 7) is 10.4. The number of aromatic nitrogens is 2. The third-order valence-electron chi connectivity index (χ3n) is 4.82. The van der Waals surface area contributed by atoms with E-state index in [0.29, 0.717) is 24.2 Å². The first-order valence-electron chi connectivity index (χ1n) is 9.40. The van der Waals surface area contributed by atoms with Crippen LogP contribution in [0.25, 0.3) is 0 Å². The van der Waals surface area contributed by atoms with Crippen LogP contribution in [0, 0.1) is 12.8 Å². The van der Waals surface area contributed by atoms with Crippen molar-refractivity contribution in [1.29, 1.82) is 0 Å². The van der Waals surface area contributed by atoms with Crippen molar-refractivity contribution in [3.8, 4) is 0 Å². The fourth-order valence-electron chi connectivity index (χ4n) is 3.29. The Bertz CT molecular complexity index is 769. The Morgan fingerprint density at radius 3 is 2.85 bits per heavy atom. The third kappa shape index (κ3) is 4.23. The zero-order valence-corrected chi connectivity index (χ0v) is 16.1. The highest BCUT2D eigenvalue weighted by molar-refractivity contribution is 5.95. The lowest BCUT2D eigenvalue weighted by atomic mass is 9.99. The number of likely N-dealkylation sites (tertiary alicyclic amines) is 1. The van der Waals surface area contributed by atoms with Gasteiger partial charge in [0.05, 0.1) is 6.54 Å². The predicted molar refractivity (Wildman–Crippen MR) is 101 cm³/mol. The highest BCUT2D eigenvalue weighted by atomic mass is 16.4. The Hall–Kier alpha value is -2.37. The van der Waals surface area contributed by atoms with Crippen molar-refractivity contribution in [2.45, 2.75) is 53.0 Å². The second-order valence-electron chi connectivity index (χ2n) is 7.57. The van der Waals surface area contributed by atoms with Crippen molar-refractivity contribution in [1.82, 2.24) is 15.1 Å². The third-order valence-corrected chi connectivity index (χ3v) is 4.82. The second kappa shape index (κ2) is 7.89. The van der Waals surface area contributed by atoms with Gasteiger partial charge >= 0.3 is 0 Å². The SMILES string of the molecule is Cc1cc(C(=O)N2CCCC(C)C2)ccc1NCc1nnc(C(C)C)o1. The average molecular weight is 356 g/mol. The van der Waals surface area contributed by atoms with E-state index in [1.807, 2.05) is 43.9 Å². The zero-order valence-electron chi connectivity index (χ0n) is 16.1. The van der Waals surface area contributed by atoms with E-state index < -0.39 is 0 Å². The number of carbonyl (C=O) groups is 1. The molecule has 1 saturated heterocycles. The van der Waals surface area contributed by atoms with Gasteiger partial charge in [-0.3, -0.25) is 4.79 Å². The highest BCUT2D eigenvalue weighted by Crippen LogP contribution is 2.22. The van der Waals surface area contributed by atoms with Crippen LogP contribution in [0.2, 0.25) is 0 Å². The molecule has 1 aromatic heterocycles. The Morgan fingerprint density at radius 1 is 1.38 bits per heavy atom. The van der Waals surface area contributed by atoms with Crippen LogP contribution in [0.3, 0.4) is 0 Å². The van der Waals surface area contributed by atoms with Gasteiger partial charge in [-0.15, -0.1) is 10.2 Å². The van der Waals surface area contributed by atoms with Gasteiger partial charge in [-0.1, -0.05) is 20.8 Å². The standard InChI is InChI=1S/C20H28N4O2/c1-13(2)19-23-22-18(26-19)11-21-17-8-7-16(10-15(17)4)20(25)24-9-5-6-14(3)12-24/h7-8,10,13-14,21H,5-6,9,11-12H2,1-4H3. The Balaban J connectivity index is 1.64. The first-order chi connectivity index (χ1) is 12.4. The van der Waals surface area contributed by atoms with E-state index in [2.05, 4.69) is 22.4 Å². The molecule has 1 aliphatic heterocycles. The number of piperidine rings is 1. The summed E-state index contributed by atoms with van der Waals surface area (Å²) in [5.74, 6) is 2.15. The van der Waals surface area contributed by atoms with E-state index in [9.17, 15) is 4.79 Å². The van der Waals surface area contributed by atoms with Crippen LogP contribution in [0.1, 0.15) is 67.2 Å². The van der Waals surface area contributed by atoms with Gasteiger partial charge in [-0.25, -0.2) is 0 Å². The van der Waals surface area contributed by atoms with Gasteiger partial charge in [0.1, 0.15) is 0 Å². The number of anilines is 1. The lowest BCUT2D eigenvalue weighted by Crippen LogP contribution is -2.39. The molecule has 2 heterocycles. The first-order valence-corrected chi connectivity index (χ1v) is 9.40. The predicted octanol–water partition coefficient (Wildman–Crippen LogP) is 3.99. The molecule has 1 aliphatic rings. The number of rotatable bonds is 5. The van der Waals surface area contributed by atoms with Gasteiger partial charge in [0.2, 0.25) is 11.8 Å². The minimum Gasteiger partial charge on any atom is -0.423 e. The number of hydrogen-bond donors (Lipinski definition) is 1. The van der Waals surface area contributed by atoms with Crippen LogP contribution in [-0.4, -0.2) is 34.1 Å². The summed E-state index contributed by atoms with van der Waals surface area (Å²) in [7, 11) is 0. The van der Waals surface area contributed by atoms with E-state index in [1.54, 1.807) is 0 Å². The van der Waals surface area contributed by atoms with Gasteiger partial charge in [-0.05, 0) is 49.4 Å². The summed E-state index contributed by atoms with van der Waals surface area (Å²) in [6, 6.07) is 5.80. The van der Waals surface area contributed by atoms with Crippen LogP contribution >= 0.6 is 0 Å². The van der Waals surface area contributed by atoms with Crippen LogP contribution in [0.15, 0.2) is 22.6 Å². The van der Waals surface area contributed by atoms with E-state index in [0.717, 1.165) is 36.3 Å². The molecule has 6 heteroatoms. The zero-order chi connectivity index (χ0) is 18.7. The van der Waals surface area contributed by atoms with Gasteiger partial charge in [0, 0.05) is 30.3 Å². The lowest BCUT2D eigenvalue weighted by Gasteiger charge is -2.31. The maximum absolute atomic E-state index is 12.7. The molecule has 1 atom stereocenters. The number of benzene rings is 1. The minimum atomic E-state index is 0.129. The highest BCUT2D eigenvalue weighted by Gasteiger charge is 2.22. The number of hydrogen-bond acceptors (Lipinski definition) is 5. The van der Waals surface area contributed by atoms with Gasteiger partial charge in [0.25, 0.3) is 5.91 Å². The van der Waals surface area contributed by atoms with Crippen LogP contribution in [0.4, 0.5) is 5.69 Å². The van der Waals surface area contributed by atoms with Crippen molar-refractivity contribution < 1.29 is 9.21 Å². The molecular formula is C20H28N4O2. The van der Waals surface area contributed by atoms with Crippen LogP contribution < -0.4 is 5.32 Å². The summed E-state index contributed by atoms with van der Waals surface area (Å²) in [5.41, 5.74) is 2.75. The van der Waals surface area contributed by atoms with E-state index in [-0.39, 0.29) is 11.8 Å². The molecule has 1 aromatic carbocycles. The smallest absolute Gasteiger partial charge is 0.253 e. The normalized spacial score (nSPS) is 17.6. The summed E-state index contributed by atoms with van der Waals surface area (Å²) in [4.78, 5) is 14.7. The number of nitrogens with zero attached hydrogens (tertiary/aromatic N) is 3. The van der Waals surface area contributed by atoms with Crippen molar-refractivity contribution in [3.63, 3.8) is 0 Å². The topological polar surface area (TPSA) is 71.3 Å². The molecule has 1 N–H and O–H groups in total. The monoisotopic (exact) mass is 356 g/mol. The molecule has 0 spiro atoms. The molecule has 0 radical (unpaired) electrons.